The third-order valence-electron chi connectivity index (χ3n) is 2.86. The second-order valence-corrected chi connectivity index (χ2v) is 6.09. The molecular formula is C16H28O. The van der Waals surface area contributed by atoms with E-state index >= 15 is 0 Å². The number of Topliss-reactive ketones (excluding diaryl/α,β-unsaturated/α-hetero) is 1. The molecule has 0 spiro atoms. The van der Waals surface area contributed by atoms with Gasteiger partial charge in [0.2, 0.25) is 0 Å². The lowest BCUT2D eigenvalue weighted by molar-refractivity contribution is -0.119. The number of ketones is 1. The fourth-order valence-electron chi connectivity index (χ4n) is 2.20. The van der Waals surface area contributed by atoms with E-state index in [-0.39, 0.29) is 5.41 Å². The summed E-state index contributed by atoms with van der Waals surface area (Å²) in [7, 11) is 0. The highest BCUT2D eigenvalue weighted by atomic mass is 16.1. The molecular weight excluding hydrogens is 208 g/mol. The van der Waals surface area contributed by atoms with Crippen LogP contribution < -0.4 is 0 Å². The van der Waals surface area contributed by atoms with Crippen molar-refractivity contribution >= 4 is 5.78 Å². The highest BCUT2D eigenvalue weighted by molar-refractivity contribution is 5.78. The first-order valence-electron chi connectivity index (χ1n) is 6.57. The SMILES string of the molecule is C=C(C)/C=C(\C(C)CC(=O)CCC)C(C)(C)C. The zero-order chi connectivity index (χ0) is 13.6. The van der Waals surface area contributed by atoms with Gasteiger partial charge in [-0.1, -0.05) is 58.4 Å². The molecule has 17 heavy (non-hydrogen) atoms. The first-order chi connectivity index (χ1) is 7.68. The minimum atomic E-state index is 0.102. The molecule has 0 fully saturated rings. The summed E-state index contributed by atoms with van der Waals surface area (Å²) in [6.45, 7) is 16.7. The molecule has 0 aliphatic carbocycles. The van der Waals surface area contributed by atoms with E-state index in [4.69, 9.17) is 0 Å². The van der Waals surface area contributed by atoms with Crippen LogP contribution in [0.25, 0.3) is 0 Å². The number of carbonyl (C=O) groups is 1. The van der Waals surface area contributed by atoms with Crippen molar-refractivity contribution in [1.29, 1.82) is 0 Å². The fourth-order valence-corrected chi connectivity index (χ4v) is 2.20. The molecule has 0 aliphatic rings. The molecule has 0 rings (SSSR count). The Bertz CT molecular complexity index is 302. The Morgan fingerprint density at radius 2 is 1.88 bits per heavy atom. The van der Waals surface area contributed by atoms with Crippen LogP contribution in [0.4, 0.5) is 0 Å². The summed E-state index contributed by atoms with van der Waals surface area (Å²) in [5.74, 6) is 0.683. The smallest absolute Gasteiger partial charge is 0.133 e. The van der Waals surface area contributed by atoms with Gasteiger partial charge >= 0.3 is 0 Å². The van der Waals surface area contributed by atoms with Crippen molar-refractivity contribution in [2.45, 2.75) is 60.8 Å². The molecule has 0 N–H and O–H groups in total. The molecule has 0 aliphatic heterocycles. The lowest BCUT2D eigenvalue weighted by atomic mass is 9.76. The largest absolute Gasteiger partial charge is 0.300 e. The highest BCUT2D eigenvalue weighted by Gasteiger charge is 2.23. The Morgan fingerprint density at radius 3 is 2.24 bits per heavy atom. The van der Waals surface area contributed by atoms with E-state index in [9.17, 15) is 4.79 Å². The molecule has 1 nitrogen and oxygen atoms in total. The minimum absolute atomic E-state index is 0.102. The van der Waals surface area contributed by atoms with Crippen molar-refractivity contribution in [3.63, 3.8) is 0 Å². The van der Waals surface area contributed by atoms with Gasteiger partial charge in [-0.15, -0.1) is 0 Å². The molecule has 0 bridgehead atoms. The molecule has 1 heteroatoms. The van der Waals surface area contributed by atoms with Gasteiger partial charge in [-0.05, 0) is 24.7 Å². The second kappa shape index (κ2) is 6.78. The zero-order valence-corrected chi connectivity index (χ0v) is 12.4. The van der Waals surface area contributed by atoms with Gasteiger partial charge in [0, 0.05) is 12.8 Å². The Labute approximate surface area is 107 Å². The molecule has 0 amide bonds. The van der Waals surface area contributed by atoms with Gasteiger partial charge < -0.3 is 0 Å². The molecule has 98 valence electrons. The van der Waals surface area contributed by atoms with Crippen molar-refractivity contribution in [2.75, 3.05) is 0 Å². The molecule has 0 saturated carbocycles. The lowest BCUT2D eigenvalue weighted by Gasteiger charge is -2.28. The van der Waals surface area contributed by atoms with Gasteiger partial charge in [-0.2, -0.15) is 0 Å². The molecule has 0 aromatic carbocycles. The molecule has 0 aromatic heterocycles. The van der Waals surface area contributed by atoms with Crippen molar-refractivity contribution in [3.8, 4) is 0 Å². The molecule has 1 atom stereocenters. The van der Waals surface area contributed by atoms with Crippen molar-refractivity contribution in [1.82, 2.24) is 0 Å². The summed E-state index contributed by atoms with van der Waals surface area (Å²) in [4.78, 5) is 11.7. The van der Waals surface area contributed by atoms with Crippen LogP contribution in [0.1, 0.15) is 60.8 Å². The maximum Gasteiger partial charge on any atom is 0.133 e. The third kappa shape index (κ3) is 6.45. The molecule has 0 aromatic rings. The van der Waals surface area contributed by atoms with E-state index < -0.39 is 0 Å². The van der Waals surface area contributed by atoms with Gasteiger partial charge in [0.1, 0.15) is 5.78 Å². The lowest BCUT2D eigenvalue weighted by Crippen LogP contribution is -2.19. The van der Waals surface area contributed by atoms with Crippen molar-refractivity contribution in [2.24, 2.45) is 11.3 Å². The quantitative estimate of drug-likeness (QED) is 0.598. The van der Waals surface area contributed by atoms with Crippen LogP contribution in [0.3, 0.4) is 0 Å². The van der Waals surface area contributed by atoms with Gasteiger partial charge in [0.15, 0.2) is 0 Å². The van der Waals surface area contributed by atoms with Gasteiger partial charge in [-0.25, -0.2) is 0 Å². The minimum Gasteiger partial charge on any atom is -0.300 e. The standard InChI is InChI=1S/C16H28O/c1-8-9-14(17)11-13(4)15(10-12(2)3)16(5,6)7/h10,13H,2,8-9,11H2,1,3-7H3/b15-10+. The monoisotopic (exact) mass is 236 g/mol. The number of hydrogen-bond acceptors (Lipinski definition) is 1. The highest BCUT2D eigenvalue weighted by Crippen LogP contribution is 2.34. The summed E-state index contributed by atoms with van der Waals surface area (Å²) < 4.78 is 0. The van der Waals surface area contributed by atoms with Crippen LogP contribution in [-0.2, 0) is 4.79 Å². The van der Waals surface area contributed by atoms with E-state index in [1.54, 1.807) is 0 Å². The summed E-state index contributed by atoms with van der Waals surface area (Å²) in [5, 5.41) is 0. The Kier molecular flexibility index (Phi) is 6.44. The van der Waals surface area contributed by atoms with Crippen LogP contribution >= 0.6 is 0 Å². The summed E-state index contributed by atoms with van der Waals surface area (Å²) in [6, 6.07) is 0. The number of rotatable bonds is 6. The molecule has 0 radical (unpaired) electrons. The summed E-state index contributed by atoms with van der Waals surface area (Å²) in [6.07, 6.45) is 4.45. The van der Waals surface area contributed by atoms with E-state index in [2.05, 4.69) is 47.3 Å². The first kappa shape index (κ1) is 16.1. The van der Waals surface area contributed by atoms with Crippen LogP contribution in [-0.4, -0.2) is 5.78 Å². The molecule has 0 saturated heterocycles. The van der Waals surface area contributed by atoms with E-state index in [0.717, 1.165) is 12.0 Å². The Balaban J connectivity index is 4.84. The van der Waals surface area contributed by atoms with Crippen LogP contribution in [0, 0.1) is 11.3 Å². The number of hydrogen-bond donors (Lipinski definition) is 0. The van der Waals surface area contributed by atoms with E-state index in [1.165, 1.54) is 5.57 Å². The predicted molar refractivity (Wildman–Crippen MR) is 76.0 cm³/mol. The van der Waals surface area contributed by atoms with Crippen molar-refractivity contribution < 1.29 is 4.79 Å². The summed E-state index contributed by atoms with van der Waals surface area (Å²) >= 11 is 0. The second-order valence-electron chi connectivity index (χ2n) is 6.09. The third-order valence-corrected chi connectivity index (χ3v) is 2.86. The number of allylic oxidation sites excluding steroid dienone is 3. The van der Waals surface area contributed by atoms with Crippen LogP contribution in [0.15, 0.2) is 23.8 Å². The molecule has 1 unspecified atom stereocenters. The van der Waals surface area contributed by atoms with E-state index in [1.807, 2.05) is 6.92 Å². The average molecular weight is 236 g/mol. The topological polar surface area (TPSA) is 17.1 Å². The zero-order valence-electron chi connectivity index (χ0n) is 12.4. The fraction of sp³-hybridized carbons (Fsp3) is 0.688. The normalized spacial score (nSPS) is 14.6. The van der Waals surface area contributed by atoms with Gasteiger partial charge in [0.05, 0.1) is 0 Å². The summed E-state index contributed by atoms with van der Waals surface area (Å²) in [5.41, 5.74) is 2.49. The maximum absolute atomic E-state index is 11.7. The first-order valence-corrected chi connectivity index (χ1v) is 6.57. The van der Waals surface area contributed by atoms with Gasteiger partial charge in [0.25, 0.3) is 0 Å². The Morgan fingerprint density at radius 1 is 1.35 bits per heavy atom. The predicted octanol–water partition coefficient (Wildman–Crippen LogP) is 4.93. The van der Waals surface area contributed by atoms with E-state index in [0.29, 0.717) is 24.5 Å². The van der Waals surface area contributed by atoms with Gasteiger partial charge in [-0.3, -0.25) is 4.79 Å². The Hall–Kier alpha value is -0.850. The number of carbonyl (C=O) groups excluding carboxylic acids is 1. The molecule has 0 heterocycles. The van der Waals surface area contributed by atoms with Crippen molar-refractivity contribution in [3.05, 3.63) is 23.8 Å². The maximum atomic E-state index is 11.7. The van der Waals surface area contributed by atoms with Crippen LogP contribution in [0.2, 0.25) is 0 Å². The van der Waals surface area contributed by atoms with Crippen LogP contribution in [0.5, 0.6) is 0 Å². The average Bonchev–Trinajstić information content (AvgIpc) is 2.12.